The molecule has 0 aromatic carbocycles. The number of pyridine rings is 1. The van der Waals surface area contributed by atoms with Crippen LogP contribution in [0.2, 0.25) is 0 Å². The van der Waals surface area contributed by atoms with Crippen LogP contribution in [0.1, 0.15) is 25.2 Å². The Morgan fingerprint density at radius 2 is 1.74 bits per heavy atom. The van der Waals surface area contributed by atoms with E-state index in [1.807, 2.05) is 22.7 Å². The number of imidazole rings is 1. The van der Waals surface area contributed by atoms with E-state index >= 15 is 0 Å². The van der Waals surface area contributed by atoms with Gasteiger partial charge < -0.3 is 18.4 Å². The summed E-state index contributed by atoms with van der Waals surface area (Å²) in [6, 6.07) is 3.28. The highest BCUT2D eigenvalue weighted by Crippen LogP contribution is 2.26. The van der Waals surface area contributed by atoms with Crippen LogP contribution in [0.15, 0.2) is 44.1 Å². The lowest BCUT2D eigenvalue weighted by Crippen LogP contribution is -2.39. The molecule has 0 amide bonds. The number of aromatic nitrogens is 4. The third-order valence-electron chi connectivity index (χ3n) is 6.40. The highest BCUT2D eigenvalue weighted by atomic mass is 16.5. The standard InChI is InChI=1S/C24H30N6O4/c1-13(2)19-22(34-7)26-17(21(27-19)33-6)12-15-8-9-16(20-25-10-11-30(15)20)18-14(3)28(4)24(32)29(5)23(18)31/h8-11,13,17,19H,12H2,1-7H3/t17-,19+/m0/s1. The summed E-state index contributed by atoms with van der Waals surface area (Å²) in [4.78, 5) is 39.4. The molecule has 0 saturated heterocycles. The minimum Gasteiger partial charge on any atom is -0.483 e. The second kappa shape index (κ2) is 8.92. The average molecular weight is 467 g/mol. The monoisotopic (exact) mass is 466 g/mol. The van der Waals surface area contributed by atoms with E-state index < -0.39 is 0 Å². The number of nitrogens with zero attached hydrogens (tertiary/aromatic N) is 6. The Hall–Kier alpha value is -3.69. The Labute approximate surface area is 197 Å². The highest BCUT2D eigenvalue weighted by Gasteiger charge is 2.31. The van der Waals surface area contributed by atoms with E-state index in [0.29, 0.717) is 40.7 Å². The number of hydrogen-bond donors (Lipinski definition) is 0. The molecule has 3 aromatic rings. The number of aliphatic imine (C=N–C) groups is 2. The van der Waals surface area contributed by atoms with E-state index in [-0.39, 0.29) is 29.3 Å². The molecule has 10 heteroatoms. The van der Waals surface area contributed by atoms with E-state index in [1.54, 1.807) is 34.4 Å². The van der Waals surface area contributed by atoms with Crippen molar-refractivity contribution in [3.63, 3.8) is 0 Å². The van der Waals surface area contributed by atoms with Crippen molar-refractivity contribution in [3.8, 4) is 11.1 Å². The molecule has 0 radical (unpaired) electrons. The van der Waals surface area contributed by atoms with Crippen LogP contribution in [0.4, 0.5) is 0 Å². The zero-order valence-corrected chi connectivity index (χ0v) is 20.6. The molecular weight excluding hydrogens is 436 g/mol. The Morgan fingerprint density at radius 3 is 2.38 bits per heavy atom. The minimum atomic E-state index is -0.363. The maximum Gasteiger partial charge on any atom is 0.330 e. The Balaban J connectivity index is 1.81. The number of fused-ring (bicyclic) bond motifs is 1. The summed E-state index contributed by atoms with van der Waals surface area (Å²) in [5.41, 5.74) is 2.52. The molecule has 3 aromatic heterocycles. The second-order valence-corrected chi connectivity index (χ2v) is 8.78. The van der Waals surface area contributed by atoms with Gasteiger partial charge in [-0.3, -0.25) is 9.36 Å². The first kappa shape index (κ1) is 23.5. The van der Waals surface area contributed by atoms with Crippen LogP contribution in [0.3, 0.4) is 0 Å². The normalized spacial score (nSPS) is 18.2. The molecule has 1 aliphatic heterocycles. The van der Waals surface area contributed by atoms with Gasteiger partial charge in [0.1, 0.15) is 17.7 Å². The van der Waals surface area contributed by atoms with Crippen LogP contribution >= 0.6 is 0 Å². The number of methoxy groups -OCH3 is 2. The molecule has 0 saturated carbocycles. The molecule has 10 nitrogen and oxygen atoms in total. The highest BCUT2D eigenvalue weighted by molar-refractivity contribution is 5.94. The van der Waals surface area contributed by atoms with E-state index in [1.165, 1.54) is 11.6 Å². The summed E-state index contributed by atoms with van der Waals surface area (Å²) in [5, 5.41) is 0. The summed E-state index contributed by atoms with van der Waals surface area (Å²) in [6.45, 7) is 5.90. The van der Waals surface area contributed by atoms with Crippen molar-refractivity contribution in [2.24, 2.45) is 30.0 Å². The van der Waals surface area contributed by atoms with Crippen LogP contribution in [-0.2, 0) is 30.0 Å². The molecule has 0 fully saturated rings. The molecule has 4 rings (SSSR count). The molecule has 0 aliphatic carbocycles. The molecule has 1 aliphatic rings. The van der Waals surface area contributed by atoms with Gasteiger partial charge in [0, 0.05) is 49.9 Å². The molecule has 0 bridgehead atoms. The third-order valence-corrected chi connectivity index (χ3v) is 6.40. The predicted molar refractivity (Wildman–Crippen MR) is 131 cm³/mol. The zero-order chi connectivity index (χ0) is 24.7. The van der Waals surface area contributed by atoms with Gasteiger partial charge in [-0.2, -0.15) is 0 Å². The fraction of sp³-hybridized carbons (Fsp3) is 0.458. The maximum atomic E-state index is 13.0. The Morgan fingerprint density at radius 1 is 1.03 bits per heavy atom. The summed E-state index contributed by atoms with van der Waals surface area (Å²) in [6.07, 6.45) is 4.04. The molecule has 180 valence electrons. The van der Waals surface area contributed by atoms with Crippen molar-refractivity contribution in [2.45, 2.75) is 39.3 Å². The van der Waals surface area contributed by atoms with Crippen molar-refractivity contribution in [1.82, 2.24) is 18.5 Å². The van der Waals surface area contributed by atoms with Crippen LogP contribution in [0.25, 0.3) is 16.8 Å². The second-order valence-electron chi connectivity index (χ2n) is 8.78. The maximum absolute atomic E-state index is 13.0. The fourth-order valence-corrected chi connectivity index (χ4v) is 4.38. The van der Waals surface area contributed by atoms with Crippen molar-refractivity contribution in [2.75, 3.05) is 14.2 Å². The van der Waals surface area contributed by atoms with Gasteiger partial charge in [-0.25, -0.2) is 19.8 Å². The molecule has 4 heterocycles. The van der Waals surface area contributed by atoms with E-state index in [9.17, 15) is 9.59 Å². The van der Waals surface area contributed by atoms with E-state index in [0.717, 1.165) is 10.3 Å². The third kappa shape index (κ3) is 3.72. The predicted octanol–water partition coefficient (Wildman–Crippen LogP) is 1.75. The first-order valence-electron chi connectivity index (χ1n) is 11.1. The van der Waals surface area contributed by atoms with Gasteiger partial charge in [0.05, 0.1) is 19.8 Å². The zero-order valence-electron chi connectivity index (χ0n) is 20.6. The quantitative estimate of drug-likeness (QED) is 0.583. The number of ether oxygens (including phenoxy) is 2. The molecule has 2 atom stereocenters. The smallest absolute Gasteiger partial charge is 0.330 e. The summed E-state index contributed by atoms with van der Waals surface area (Å²) in [5.74, 6) is 1.36. The van der Waals surface area contributed by atoms with Gasteiger partial charge in [0.25, 0.3) is 5.56 Å². The van der Waals surface area contributed by atoms with Crippen molar-refractivity contribution >= 4 is 17.4 Å². The van der Waals surface area contributed by atoms with Gasteiger partial charge in [-0.1, -0.05) is 13.8 Å². The average Bonchev–Trinajstić information content (AvgIpc) is 3.33. The van der Waals surface area contributed by atoms with E-state index in [2.05, 4.69) is 18.8 Å². The van der Waals surface area contributed by atoms with Crippen molar-refractivity contribution < 1.29 is 9.47 Å². The van der Waals surface area contributed by atoms with Crippen LogP contribution in [0, 0.1) is 12.8 Å². The number of rotatable bonds is 4. The van der Waals surface area contributed by atoms with Crippen molar-refractivity contribution in [3.05, 3.63) is 56.8 Å². The Kier molecular flexibility index (Phi) is 6.16. The lowest BCUT2D eigenvalue weighted by atomic mass is 10.0. The van der Waals surface area contributed by atoms with Gasteiger partial charge in [0.15, 0.2) is 0 Å². The minimum absolute atomic E-state index is 0.184. The first-order chi connectivity index (χ1) is 16.2. The molecular formula is C24H30N6O4. The molecule has 0 N–H and O–H groups in total. The molecule has 0 unspecified atom stereocenters. The van der Waals surface area contributed by atoms with Gasteiger partial charge in [-0.05, 0) is 25.0 Å². The summed E-state index contributed by atoms with van der Waals surface area (Å²) in [7, 11) is 6.35. The lowest BCUT2D eigenvalue weighted by molar-refractivity contribution is 0.332. The fourth-order valence-electron chi connectivity index (χ4n) is 4.38. The summed E-state index contributed by atoms with van der Waals surface area (Å²) < 4.78 is 15.6. The first-order valence-corrected chi connectivity index (χ1v) is 11.1. The Bertz CT molecular complexity index is 1430. The topological polar surface area (TPSA) is 104 Å². The van der Waals surface area contributed by atoms with Crippen molar-refractivity contribution in [1.29, 1.82) is 0 Å². The largest absolute Gasteiger partial charge is 0.483 e. The van der Waals surface area contributed by atoms with Gasteiger partial charge in [0.2, 0.25) is 11.8 Å². The summed E-state index contributed by atoms with van der Waals surface area (Å²) >= 11 is 0. The van der Waals surface area contributed by atoms with E-state index in [4.69, 9.17) is 19.5 Å². The van der Waals surface area contributed by atoms with Crippen LogP contribution < -0.4 is 11.2 Å². The number of hydrogen-bond acceptors (Lipinski definition) is 7. The van der Waals surface area contributed by atoms with Gasteiger partial charge >= 0.3 is 5.69 Å². The molecule has 0 spiro atoms. The van der Waals surface area contributed by atoms with Crippen LogP contribution in [0.5, 0.6) is 0 Å². The van der Waals surface area contributed by atoms with Crippen LogP contribution in [-0.4, -0.2) is 56.6 Å². The lowest BCUT2D eigenvalue weighted by Gasteiger charge is -2.27. The molecule has 34 heavy (non-hydrogen) atoms. The SMILES string of the molecule is COC1=N[C@H](C(C)C)C(OC)=N[C@H]1Cc1ccc(-c2c(C)n(C)c(=O)n(C)c2=O)c2nccn12. The van der Waals surface area contributed by atoms with Gasteiger partial charge in [-0.15, -0.1) is 0 Å².